The molecule has 1 heterocycles. The van der Waals surface area contributed by atoms with Crippen molar-refractivity contribution < 1.29 is 0 Å². The molecule has 0 spiro atoms. The normalized spacial score (nSPS) is 10.7. The van der Waals surface area contributed by atoms with Gasteiger partial charge in [-0.15, -0.1) is 0 Å². The second-order valence-electron chi connectivity index (χ2n) is 5.14. The van der Waals surface area contributed by atoms with E-state index in [2.05, 4.69) is 49.0 Å². The van der Waals surface area contributed by atoms with Gasteiger partial charge in [0.05, 0.1) is 5.69 Å². The molecule has 0 fully saturated rings. The number of nitrogens with zero attached hydrogens (tertiary/aromatic N) is 2. The molecule has 0 aliphatic carbocycles. The molecule has 0 saturated carbocycles. The van der Waals surface area contributed by atoms with Crippen molar-refractivity contribution in [1.29, 1.82) is 0 Å². The van der Waals surface area contributed by atoms with Gasteiger partial charge >= 0.3 is 0 Å². The second-order valence-corrected chi connectivity index (χ2v) is 5.14. The van der Waals surface area contributed by atoms with Gasteiger partial charge in [-0.3, -0.25) is 0 Å². The lowest BCUT2D eigenvalue weighted by Crippen LogP contribution is -2.14. The highest BCUT2D eigenvalue weighted by Gasteiger charge is 2.12. The standard InChI is InChI=1S/C16H22N4/c1-10-7-11(2)13(4)16(12(10)3)14-8-15(18-6-5-17)20-9-19-14/h7-9H,5-6,17H2,1-4H3,(H,18,19,20). The Kier molecular flexibility index (Phi) is 4.35. The summed E-state index contributed by atoms with van der Waals surface area (Å²) in [5.41, 5.74) is 12.8. The Hall–Kier alpha value is -1.94. The van der Waals surface area contributed by atoms with E-state index in [-0.39, 0.29) is 0 Å². The molecular weight excluding hydrogens is 248 g/mol. The Morgan fingerprint density at radius 3 is 2.25 bits per heavy atom. The molecule has 4 nitrogen and oxygen atoms in total. The SMILES string of the molecule is Cc1cc(C)c(C)c(-c2cc(NCCN)ncn2)c1C. The molecular formula is C16H22N4. The molecule has 0 amide bonds. The van der Waals surface area contributed by atoms with E-state index in [0.29, 0.717) is 13.1 Å². The molecule has 0 aliphatic heterocycles. The number of hydrogen-bond donors (Lipinski definition) is 2. The fourth-order valence-electron chi connectivity index (χ4n) is 2.39. The van der Waals surface area contributed by atoms with Gasteiger partial charge in [0.25, 0.3) is 0 Å². The smallest absolute Gasteiger partial charge is 0.129 e. The van der Waals surface area contributed by atoms with Crippen molar-refractivity contribution in [3.8, 4) is 11.3 Å². The van der Waals surface area contributed by atoms with E-state index in [1.165, 1.54) is 27.8 Å². The maximum atomic E-state index is 5.51. The quantitative estimate of drug-likeness (QED) is 0.896. The van der Waals surface area contributed by atoms with Crippen LogP contribution in [-0.4, -0.2) is 23.1 Å². The Balaban J connectivity index is 2.51. The predicted octanol–water partition coefficient (Wildman–Crippen LogP) is 2.75. The lowest BCUT2D eigenvalue weighted by atomic mass is 9.92. The van der Waals surface area contributed by atoms with Gasteiger partial charge in [0.2, 0.25) is 0 Å². The van der Waals surface area contributed by atoms with Crippen molar-refractivity contribution in [2.24, 2.45) is 5.73 Å². The summed E-state index contributed by atoms with van der Waals surface area (Å²) in [5.74, 6) is 0.818. The van der Waals surface area contributed by atoms with Crippen LogP contribution in [0.15, 0.2) is 18.5 Å². The van der Waals surface area contributed by atoms with Gasteiger partial charge in [0.1, 0.15) is 12.1 Å². The van der Waals surface area contributed by atoms with Crippen LogP contribution in [-0.2, 0) is 0 Å². The van der Waals surface area contributed by atoms with Crippen molar-refractivity contribution in [2.75, 3.05) is 18.4 Å². The molecule has 3 N–H and O–H groups in total. The molecule has 4 heteroatoms. The van der Waals surface area contributed by atoms with Crippen molar-refractivity contribution in [1.82, 2.24) is 9.97 Å². The molecule has 106 valence electrons. The molecule has 2 rings (SSSR count). The Bertz CT molecular complexity index is 594. The third kappa shape index (κ3) is 2.80. The van der Waals surface area contributed by atoms with Crippen LogP contribution in [0.1, 0.15) is 22.3 Å². The first-order chi connectivity index (χ1) is 9.54. The molecule has 0 aliphatic rings. The van der Waals surface area contributed by atoms with Crippen LogP contribution >= 0.6 is 0 Å². The van der Waals surface area contributed by atoms with Crippen LogP contribution in [0, 0.1) is 27.7 Å². The number of anilines is 1. The molecule has 0 atom stereocenters. The van der Waals surface area contributed by atoms with Crippen molar-refractivity contribution in [3.63, 3.8) is 0 Å². The summed E-state index contributed by atoms with van der Waals surface area (Å²) >= 11 is 0. The van der Waals surface area contributed by atoms with Gasteiger partial charge in [-0.05, 0) is 49.9 Å². The van der Waals surface area contributed by atoms with Crippen LogP contribution in [0.4, 0.5) is 5.82 Å². The first kappa shape index (κ1) is 14.5. The molecule has 0 saturated heterocycles. The number of rotatable bonds is 4. The number of nitrogens with one attached hydrogen (secondary N) is 1. The average Bonchev–Trinajstić information content (AvgIpc) is 2.44. The number of aryl methyl sites for hydroxylation is 2. The van der Waals surface area contributed by atoms with Crippen molar-refractivity contribution >= 4 is 5.82 Å². The van der Waals surface area contributed by atoms with Gasteiger partial charge in [-0.1, -0.05) is 6.07 Å². The number of nitrogens with two attached hydrogens (primary N) is 1. The summed E-state index contributed by atoms with van der Waals surface area (Å²) in [6.07, 6.45) is 1.60. The van der Waals surface area contributed by atoms with E-state index in [1.54, 1.807) is 6.33 Å². The van der Waals surface area contributed by atoms with Gasteiger partial charge in [-0.2, -0.15) is 0 Å². The zero-order valence-electron chi connectivity index (χ0n) is 12.6. The molecule has 0 bridgehead atoms. The molecule has 2 aromatic rings. The minimum atomic E-state index is 0.584. The molecule has 1 aromatic heterocycles. The lowest BCUT2D eigenvalue weighted by Gasteiger charge is -2.15. The van der Waals surface area contributed by atoms with Gasteiger partial charge in [0.15, 0.2) is 0 Å². The van der Waals surface area contributed by atoms with Crippen LogP contribution in [0.5, 0.6) is 0 Å². The minimum Gasteiger partial charge on any atom is -0.369 e. The summed E-state index contributed by atoms with van der Waals surface area (Å²) in [7, 11) is 0. The Labute approximate surface area is 120 Å². The van der Waals surface area contributed by atoms with Crippen molar-refractivity contribution in [2.45, 2.75) is 27.7 Å². The highest BCUT2D eigenvalue weighted by Crippen LogP contribution is 2.30. The molecule has 0 unspecified atom stereocenters. The van der Waals surface area contributed by atoms with E-state index < -0.39 is 0 Å². The monoisotopic (exact) mass is 270 g/mol. The van der Waals surface area contributed by atoms with E-state index in [4.69, 9.17) is 5.73 Å². The van der Waals surface area contributed by atoms with E-state index in [9.17, 15) is 0 Å². The van der Waals surface area contributed by atoms with Crippen LogP contribution < -0.4 is 11.1 Å². The minimum absolute atomic E-state index is 0.584. The first-order valence-corrected chi connectivity index (χ1v) is 6.88. The largest absolute Gasteiger partial charge is 0.369 e. The van der Waals surface area contributed by atoms with E-state index >= 15 is 0 Å². The third-order valence-electron chi connectivity index (χ3n) is 3.74. The second kappa shape index (κ2) is 6.01. The number of aromatic nitrogens is 2. The number of benzene rings is 1. The highest BCUT2D eigenvalue weighted by atomic mass is 15.0. The Morgan fingerprint density at radius 1 is 1.00 bits per heavy atom. The summed E-state index contributed by atoms with van der Waals surface area (Å²) in [6.45, 7) is 9.86. The fourth-order valence-corrected chi connectivity index (χ4v) is 2.39. The van der Waals surface area contributed by atoms with E-state index in [0.717, 1.165) is 11.5 Å². The first-order valence-electron chi connectivity index (χ1n) is 6.88. The van der Waals surface area contributed by atoms with Crippen LogP contribution in [0.25, 0.3) is 11.3 Å². The van der Waals surface area contributed by atoms with Gasteiger partial charge in [-0.25, -0.2) is 9.97 Å². The zero-order valence-corrected chi connectivity index (χ0v) is 12.6. The summed E-state index contributed by atoms with van der Waals surface area (Å²) in [5, 5.41) is 3.20. The zero-order chi connectivity index (χ0) is 14.7. The maximum absolute atomic E-state index is 5.51. The average molecular weight is 270 g/mol. The topological polar surface area (TPSA) is 63.8 Å². The highest BCUT2D eigenvalue weighted by molar-refractivity contribution is 5.72. The third-order valence-corrected chi connectivity index (χ3v) is 3.74. The Morgan fingerprint density at radius 2 is 1.65 bits per heavy atom. The lowest BCUT2D eigenvalue weighted by molar-refractivity contribution is 1.00. The summed E-state index contributed by atoms with van der Waals surface area (Å²) < 4.78 is 0. The van der Waals surface area contributed by atoms with Crippen LogP contribution in [0.2, 0.25) is 0 Å². The van der Waals surface area contributed by atoms with Crippen molar-refractivity contribution in [3.05, 3.63) is 40.7 Å². The van der Waals surface area contributed by atoms with Gasteiger partial charge < -0.3 is 11.1 Å². The maximum Gasteiger partial charge on any atom is 0.129 e. The molecule has 0 radical (unpaired) electrons. The van der Waals surface area contributed by atoms with Crippen LogP contribution in [0.3, 0.4) is 0 Å². The number of hydrogen-bond acceptors (Lipinski definition) is 4. The van der Waals surface area contributed by atoms with E-state index in [1.807, 2.05) is 6.07 Å². The fraction of sp³-hybridized carbons (Fsp3) is 0.375. The summed E-state index contributed by atoms with van der Waals surface area (Å²) in [4.78, 5) is 8.67. The summed E-state index contributed by atoms with van der Waals surface area (Å²) in [6, 6.07) is 4.22. The predicted molar refractivity (Wildman–Crippen MR) is 84.0 cm³/mol. The van der Waals surface area contributed by atoms with Gasteiger partial charge in [0, 0.05) is 24.7 Å². The molecule has 1 aromatic carbocycles. The molecule has 20 heavy (non-hydrogen) atoms.